The molecule has 0 amide bonds. The van der Waals surface area contributed by atoms with Crippen molar-refractivity contribution < 1.29 is 14.3 Å². The minimum absolute atomic E-state index is 0.202. The van der Waals surface area contributed by atoms with Crippen molar-refractivity contribution in [1.82, 2.24) is 0 Å². The van der Waals surface area contributed by atoms with Gasteiger partial charge in [-0.1, -0.05) is 11.6 Å². The highest BCUT2D eigenvalue weighted by Gasteiger charge is 2.15. The highest BCUT2D eigenvalue weighted by Crippen LogP contribution is 2.27. The van der Waals surface area contributed by atoms with Crippen LogP contribution in [0.3, 0.4) is 0 Å². The van der Waals surface area contributed by atoms with Crippen LogP contribution >= 0.6 is 11.6 Å². The predicted octanol–water partition coefficient (Wildman–Crippen LogP) is 3.17. The van der Waals surface area contributed by atoms with Gasteiger partial charge in [0.25, 0.3) is 0 Å². The van der Waals surface area contributed by atoms with E-state index >= 15 is 0 Å². The number of hydrogen-bond donors (Lipinski definition) is 1. The van der Waals surface area contributed by atoms with Crippen molar-refractivity contribution in [2.75, 3.05) is 20.0 Å². The molecule has 20 heavy (non-hydrogen) atoms. The molecule has 0 unspecified atom stereocenters. The molecule has 0 atom stereocenters. The van der Waals surface area contributed by atoms with Crippen LogP contribution in [-0.2, 0) is 0 Å². The molecule has 0 saturated heterocycles. The highest BCUT2D eigenvalue weighted by molar-refractivity contribution is 6.35. The van der Waals surface area contributed by atoms with Crippen LogP contribution in [0.1, 0.15) is 15.9 Å². The van der Waals surface area contributed by atoms with Gasteiger partial charge in [-0.2, -0.15) is 0 Å². The molecule has 5 heteroatoms. The van der Waals surface area contributed by atoms with Gasteiger partial charge in [0.15, 0.2) is 5.78 Å². The van der Waals surface area contributed by atoms with E-state index in [1.165, 1.54) is 14.2 Å². The Morgan fingerprint density at radius 1 is 1.10 bits per heavy atom. The minimum atomic E-state index is -0.202. The van der Waals surface area contributed by atoms with Gasteiger partial charge in [-0.3, -0.25) is 4.79 Å². The quantitative estimate of drug-likeness (QED) is 0.694. The summed E-state index contributed by atoms with van der Waals surface area (Å²) in [7, 11) is 3.06. The summed E-state index contributed by atoms with van der Waals surface area (Å²) in [5.41, 5.74) is 7.06. The molecule has 0 aliphatic carbocycles. The Kier molecular flexibility index (Phi) is 4.15. The number of ether oxygens (including phenoxy) is 2. The zero-order chi connectivity index (χ0) is 14.7. The number of methoxy groups -OCH3 is 2. The van der Waals surface area contributed by atoms with E-state index in [0.29, 0.717) is 33.3 Å². The van der Waals surface area contributed by atoms with Gasteiger partial charge in [-0.25, -0.2) is 0 Å². The Hall–Kier alpha value is -2.20. The summed E-state index contributed by atoms with van der Waals surface area (Å²) in [6, 6.07) is 9.79. The third kappa shape index (κ3) is 2.70. The number of anilines is 1. The average Bonchev–Trinajstić information content (AvgIpc) is 2.46. The minimum Gasteiger partial charge on any atom is -0.497 e. The lowest BCUT2D eigenvalue weighted by Crippen LogP contribution is -2.04. The Morgan fingerprint density at radius 2 is 1.85 bits per heavy atom. The first kappa shape index (κ1) is 14.2. The molecule has 0 heterocycles. The Bertz CT molecular complexity index is 656. The SMILES string of the molecule is COc1ccc(C(=O)c2ccc(OC)c(N)c2)c(Cl)c1. The van der Waals surface area contributed by atoms with Crippen molar-refractivity contribution in [3.63, 3.8) is 0 Å². The van der Waals surface area contributed by atoms with Crippen LogP contribution in [0.5, 0.6) is 11.5 Å². The lowest BCUT2D eigenvalue weighted by atomic mass is 10.0. The van der Waals surface area contributed by atoms with Crippen LogP contribution in [0.2, 0.25) is 5.02 Å². The molecule has 2 aromatic rings. The first-order chi connectivity index (χ1) is 9.56. The second-order valence-electron chi connectivity index (χ2n) is 4.13. The maximum Gasteiger partial charge on any atom is 0.194 e. The third-order valence-corrected chi connectivity index (χ3v) is 3.23. The Balaban J connectivity index is 2.38. The fourth-order valence-electron chi connectivity index (χ4n) is 1.84. The van der Waals surface area contributed by atoms with E-state index in [1.807, 2.05) is 0 Å². The van der Waals surface area contributed by atoms with Gasteiger partial charge in [0.2, 0.25) is 0 Å². The van der Waals surface area contributed by atoms with E-state index in [1.54, 1.807) is 36.4 Å². The molecule has 2 aromatic carbocycles. The molecular weight excluding hydrogens is 278 g/mol. The van der Waals surface area contributed by atoms with Gasteiger partial charge in [0, 0.05) is 11.1 Å². The lowest BCUT2D eigenvalue weighted by Gasteiger charge is -2.08. The number of rotatable bonds is 4. The second-order valence-corrected chi connectivity index (χ2v) is 4.54. The zero-order valence-electron chi connectivity index (χ0n) is 11.1. The number of hydrogen-bond acceptors (Lipinski definition) is 4. The van der Waals surface area contributed by atoms with E-state index in [4.69, 9.17) is 26.8 Å². The number of carbonyl (C=O) groups is 1. The molecular formula is C15H14ClNO3. The van der Waals surface area contributed by atoms with Gasteiger partial charge < -0.3 is 15.2 Å². The topological polar surface area (TPSA) is 61.5 Å². The molecule has 0 spiro atoms. The van der Waals surface area contributed by atoms with Gasteiger partial charge in [-0.05, 0) is 36.4 Å². The van der Waals surface area contributed by atoms with E-state index in [-0.39, 0.29) is 5.78 Å². The number of halogens is 1. The van der Waals surface area contributed by atoms with Crippen LogP contribution < -0.4 is 15.2 Å². The zero-order valence-corrected chi connectivity index (χ0v) is 11.9. The molecule has 104 valence electrons. The first-order valence-corrected chi connectivity index (χ1v) is 6.26. The van der Waals surface area contributed by atoms with Crippen LogP contribution in [-0.4, -0.2) is 20.0 Å². The van der Waals surface area contributed by atoms with Gasteiger partial charge in [0.05, 0.1) is 24.9 Å². The fourth-order valence-corrected chi connectivity index (χ4v) is 2.09. The van der Waals surface area contributed by atoms with Crippen molar-refractivity contribution in [1.29, 1.82) is 0 Å². The molecule has 0 bridgehead atoms. The lowest BCUT2D eigenvalue weighted by molar-refractivity contribution is 0.103. The number of benzene rings is 2. The molecule has 0 fully saturated rings. The molecule has 0 radical (unpaired) electrons. The standard InChI is InChI=1S/C15H14ClNO3/c1-19-10-4-5-11(12(16)8-10)15(18)9-3-6-14(20-2)13(17)7-9/h3-8H,17H2,1-2H3. The Morgan fingerprint density at radius 3 is 2.40 bits per heavy atom. The van der Waals surface area contributed by atoms with Crippen LogP contribution in [0.15, 0.2) is 36.4 Å². The molecule has 0 aliphatic heterocycles. The average molecular weight is 292 g/mol. The maximum atomic E-state index is 12.4. The number of nitrogen functional groups attached to an aromatic ring is 1. The summed E-state index contributed by atoms with van der Waals surface area (Å²) in [6.07, 6.45) is 0. The van der Waals surface area contributed by atoms with Crippen molar-refractivity contribution in [3.05, 3.63) is 52.5 Å². The Labute approximate surface area is 122 Å². The number of ketones is 1. The van der Waals surface area contributed by atoms with Gasteiger partial charge in [-0.15, -0.1) is 0 Å². The smallest absolute Gasteiger partial charge is 0.194 e. The predicted molar refractivity (Wildman–Crippen MR) is 78.8 cm³/mol. The molecule has 4 nitrogen and oxygen atoms in total. The van der Waals surface area contributed by atoms with Crippen molar-refractivity contribution in [2.45, 2.75) is 0 Å². The van der Waals surface area contributed by atoms with Crippen LogP contribution in [0, 0.1) is 0 Å². The molecule has 0 saturated carbocycles. The van der Waals surface area contributed by atoms with Crippen LogP contribution in [0.25, 0.3) is 0 Å². The van der Waals surface area contributed by atoms with Crippen LogP contribution in [0.4, 0.5) is 5.69 Å². The molecule has 2 rings (SSSR count). The molecule has 0 aromatic heterocycles. The van der Waals surface area contributed by atoms with Crippen molar-refractivity contribution >= 4 is 23.1 Å². The summed E-state index contributed by atoms with van der Waals surface area (Å²) >= 11 is 6.09. The fraction of sp³-hybridized carbons (Fsp3) is 0.133. The van der Waals surface area contributed by atoms with E-state index in [0.717, 1.165) is 0 Å². The van der Waals surface area contributed by atoms with Gasteiger partial charge >= 0.3 is 0 Å². The van der Waals surface area contributed by atoms with Gasteiger partial charge in [0.1, 0.15) is 11.5 Å². The third-order valence-electron chi connectivity index (χ3n) is 2.91. The second kappa shape index (κ2) is 5.84. The van der Waals surface area contributed by atoms with Crippen molar-refractivity contribution in [3.8, 4) is 11.5 Å². The number of carbonyl (C=O) groups excluding carboxylic acids is 1. The number of nitrogens with two attached hydrogens (primary N) is 1. The highest BCUT2D eigenvalue weighted by atomic mass is 35.5. The summed E-state index contributed by atoms with van der Waals surface area (Å²) < 4.78 is 10.1. The summed E-state index contributed by atoms with van der Waals surface area (Å²) in [5.74, 6) is 0.926. The first-order valence-electron chi connectivity index (χ1n) is 5.88. The summed E-state index contributed by atoms with van der Waals surface area (Å²) in [4.78, 5) is 12.4. The van der Waals surface area contributed by atoms with E-state index in [2.05, 4.69) is 0 Å². The van der Waals surface area contributed by atoms with E-state index < -0.39 is 0 Å². The molecule has 0 aliphatic rings. The monoisotopic (exact) mass is 291 g/mol. The maximum absolute atomic E-state index is 12.4. The van der Waals surface area contributed by atoms with Crippen molar-refractivity contribution in [2.24, 2.45) is 0 Å². The largest absolute Gasteiger partial charge is 0.497 e. The normalized spacial score (nSPS) is 10.2. The summed E-state index contributed by atoms with van der Waals surface area (Å²) in [6.45, 7) is 0. The summed E-state index contributed by atoms with van der Waals surface area (Å²) in [5, 5.41) is 0.337. The van der Waals surface area contributed by atoms with E-state index in [9.17, 15) is 4.79 Å². The molecule has 2 N–H and O–H groups in total.